The van der Waals surface area contributed by atoms with Gasteiger partial charge in [-0.15, -0.1) is 0 Å². The van der Waals surface area contributed by atoms with Crippen molar-refractivity contribution < 1.29 is 14.2 Å². The summed E-state index contributed by atoms with van der Waals surface area (Å²) in [6.45, 7) is 3.04. The Morgan fingerprint density at radius 2 is 0.897 bits per heavy atom. The molecule has 0 atom stereocenters. The van der Waals surface area contributed by atoms with Crippen molar-refractivity contribution in [2.24, 2.45) is 0 Å². The van der Waals surface area contributed by atoms with Crippen molar-refractivity contribution in [2.45, 2.75) is 18.9 Å². The van der Waals surface area contributed by atoms with Crippen LogP contribution in [0.4, 0.5) is 0 Å². The normalized spacial score (nSPS) is 11.2. The first-order valence-electron chi connectivity index (χ1n) is 9.86. The number of nitrogens with one attached hydrogen (secondary N) is 1. The SMILES string of the molecule is CCCNC(c1ccc(OC)cc1)(c1ccc(OC)cc1)c1ccc(OC)cc1. The van der Waals surface area contributed by atoms with Crippen molar-refractivity contribution in [2.75, 3.05) is 27.9 Å². The molecule has 4 heteroatoms. The number of benzene rings is 3. The van der Waals surface area contributed by atoms with Gasteiger partial charge in [0.2, 0.25) is 0 Å². The highest BCUT2D eigenvalue weighted by Gasteiger charge is 2.36. The molecule has 1 N–H and O–H groups in total. The van der Waals surface area contributed by atoms with Gasteiger partial charge in [-0.25, -0.2) is 0 Å². The molecule has 0 unspecified atom stereocenters. The zero-order valence-electron chi connectivity index (χ0n) is 17.6. The second-order valence-corrected chi connectivity index (χ2v) is 6.86. The lowest BCUT2D eigenvalue weighted by Crippen LogP contribution is -2.45. The molecule has 0 aliphatic carbocycles. The summed E-state index contributed by atoms with van der Waals surface area (Å²) in [6, 6.07) is 24.8. The molecule has 0 aliphatic rings. The maximum Gasteiger partial charge on any atom is 0.118 e. The number of hydrogen-bond acceptors (Lipinski definition) is 4. The van der Waals surface area contributed by atoms with Gasteiger partial charge in [0, 0.05) is 0 Å². The monoisotopic (exact) mass is 391 g/mol. The fourth-order valence-electron chi connectivity index (χ4n) is 3.64. The predicted molar refractivity (Wildman–Crippen MR) is 117 cm³/mol. The van der Waals surface area contributed by atoms with Crippen molar-refractivity contribution >= 4 is 0 Å². The van der Waals surface area contributed by atoms with E-state index in [1.54, 1.807) is 21.3 Å². The fourth-order valence-corrected chi connectivity index (χ4v) is 3.64. The molecule has 152 valence electrons. The van der Waals surface area contributed by atoms with Crippen LogP contribution in [0.3, 0.4) is 0 Å². The molecular weight excluding hydrogens is 362 g/mol. The lowest BCUT2D eigenvalue weighted by Gasteiger charge is -2.37. The van der Waals surface area contributed by atoms with E-state index in [2.05, 4.69) is 48.6 Å². The smallest absolute Gasteiger partial charge is 0.118 e. The predicted octanol–water partition coefficient (Wildman–Crippen LogP) is 5.00. The first-order valence-corrected chi connectivity index (χ1v) is 9.86. The highest BCUT2D eigenvalue weighted by atomic mass is 16.5. The summed E-state index contributed by atoms with van der Waals surface area (Å²) in [5.41, 5.74) is 2.91. The summed E-state index contributed by atoms with van der Waals surface area (Å²) in [6.07, 6.45) is 1.02. The first kappa shape index (κ1) is 20.7. The number of hydrogen-bond donors (Lipinski definition) is 1. The Labute approximate surface area is 173 Å². The average molecular weight is 392 g/mol. The van der Waals surface area contributed by atoms with Gasteiger partial charge in [-0.3, -0.25) is 0 Å². The molecule has 0 saturated carbocycles. The van der Waals surface area contributed by atoms with E-state index in [4.69, 9.17) is 14.2 Å². The summed E-state index contributed by atoms with van der Waals surface area (Å²) < 4.78 is 16.1. The van der Waals surface area contributed by atoms with Crippen LogP contribution in [0.15, 0.2) is 72.8 Å². The van der Waals surface area contributed by atoms with Gasteiger partial charge in [0.25, 0.3) is 0 Å². The van der Waals surface area contributed by atoms with Crippen LogP contribution in [0.5, 0.6) is 17.2 Å². The van der Waals surface area contributed by atoms with Crippen molar-refractivity contribution in [1.82, 2.24) is 5.32 Å². The van der Waals surface area contributed by atoms with Crippen LogP contribution in [0.2, 0.25) is 0 Å². The molecule has 0 amide bonds. The second-order valence-electron chi connectivity index (χ2n) is 6.86. The Morgan fingerprint density at radius 3 is 1.14 bits per heavy atom. The summed E-state index contributed by atoms with van der Waals surface area (Å²) in [7, 11) is 5.06. The zero-order chi connectivity index (χ0) is 20.7. The van der Waals surface area contributed by atoms with E-state index in [1.807, 2.05) is 36.4 Å². The van der Waals surface area contributed by atoms with Crippen molar-refractivity contribution in [3.63, 3.8) is 0 Å². The highest BCUT2D eigenvalue weighted by molar-refractivity contribution is 5.52. The third kappa shape index (κ3) is 4.22. The fraction of sp³-hybridized carbons (Fsp3) is 0.280. The molecule has 0 heterocycles. The van der Waals surface area contributed by atoms with Gasteiger partial charge >= 0.3 is 0 Å². The summed E-state index contributed by atoms with van der Waals surface area (Å²) in [5.74, 6) is 2.51. The van der Waals surface area contributed by atoms with Crippen LogP contribution in [0, 0.1) is 0 Å². The summed E-state index contributed by atoms with van der Waals surface area (Å²) in [5, 5.41) is 3.82. The minimum absolute atomic E-state index is 0.513. The van der Waals surface area contributed by atoms with Gasteiger partial charge in [0.05, 0.1) is 26.9 Å². The van der Waals surface area contributed by atoms with E-state index >= 15 is 0 Å². The molecule has 0 bridgehead atoms. The molecule has 29 heavy (non-hydrogen) atoms. The molecule has 0 aromatic heterocycles. The van der Waals surface area contributed by atoms with E-state index in [0.717, 1.165) is 46.9 Å². The standard InChI is InChI=1S/C25H29NO3/c1-5-18-26-25(19-6-12-22(27-2)13-7-19,20-8-14-23(28-3)15-9-20)21-10-16-24(29-4)17-11-21/h6-17,26H,5,18H2,1-4H3. The van der Waals surface area contributed by atoms with Crippen LogP contribution in [-0.4, -0.2) is 27.9 Å². The minimum Gasteiger partial charge on any atom is -0.497 e. The molecule has 3 aromatic rings. The van der Waals surface area contributed by atoms with Crippen LogP contribution in [0.25, 0.3) is 0 Å². The Bertz CT molecular complexity index is 771. The van der Waals surface area contributed by atoms with Crippen molar-refractivity contribution in [3.8, 4) is 17.2 Å². The Hall–Kier alpha value is -2.98. The van der Waals surface area contributed by atoms with Gasteiger partial charge in [-0.2, -0.15) is 0 Å². The van der Waals surface area contributed by atoms with E-state index < -0.39 is 5.54 Å². The van der Waals surface area contributed by atoms with E-state index in [9.17, 15) is 0 Å². The quantitative estimate of drug-likeness (QED) is 0.521. The van der Waals surface area contributed by atoms with Crippen LogP contribution in [0.1, 0.15) is 30.0 Å². The van der Waals surface area contributed by atoms with E-state index in [1.165, 1.54) is 0 Å². The molecule has 0 spiro atoms. The number of ether oxygens (including phenoxy) is 3. The third-order valence-corrected chi connectivity index (χ3v) is 5.21. The molecule has 3 aromatic carbocycles. The van der Waals surface area contributed by atoms with E-state index in [0.29, 0.717) is 0 Å². The Kier molecular flexibility index (Phi) is 6.78. The van der Waals surface area contributed by atoms with Crippen molar-refractivity contribution in [3.05, 3.63) is 89.5 Å². The van der Waals surface area contributed by atoms with Gasteiger partial charge in [0.15, 0.2) is 0 Å². The first-order chi connectivity index (χ1) is 14.2. The summed E-state index contributed by atoms with van der Waals surface area (Å²) >= 11 is 0. The number of rotatable bonds is 9. The highest BCUT2D eigenvalue weighted by Crippen LogP contribution is 2.38. The molecular formula is C25H29NO3. The number of methoxy groups -OCH3 is 3. The molecule has 0 aliphatic heterocycles. The summed E-state index contributed by atoms with van der Waals surface area (Å²) in [4.78, 5) is 0. The minimum atomic E-state index is -0.513. The molecule has 3 rings (SSSR count). The van der Waals surface area contributed by atoms with Crippen LogP contribution in [-0.2, 0) is 5.54 Å². The zero-order valence-corrected chi connectivity index (χ0v) is 17.6. The molecule has 0 radical (unpaired) electrons. The maximum atomic E-state index is 5.38. The lowest BCUT2D eigenvalue weighted by atomic mass is 9.76. The topological polar surface area (TPSA) is 39.7 Å². The van der Waals surface area contributed by atoms with Gasteiger partial charge in [-0.1, -0.05) is 43.3 Å². The Morgan fingerprint density at radius 1 is 0.586 bits per heavy atom. The maximum absolute atomic E-state index is 5.38. The molecule has 0 fully saturated rings. The third-order valence-electron chi connectivity index (χ3n) is 5.21. The molecule has 0 saturated heterocycles. The van der Waals surface area contributed by atoms with Gasteiger partial charge in [-0.05, 0) is 66.1 Å². The van der Waals surface area contributed by atoms with Gasteiger partial charge < -0.3 is 19.5 Å². The van der Waals surface area contributed by atoms with Crippen molar-refractivity contribution in [1.29, 1.82) is 0 Å². The van der Waals surface area contributed by atoms with Crippen LogP contribution < -0.4 is 19.5 Å². The van der Waals surface area contributed by atoms with E-state index in [-0.39, 0.29) is 0 Å². The average Bonchev–Trinajstić information content (AvgIpc) is 2.80. The molecule has 4 nitrogen and oxygen atoms in total. The van der Waals surface area contributed by atoms with Crippen LogP contribution >= 0.6 is 0 Å². The largest absolute Gasteiger partial charge is 0.497 e. The Balaban J connectivity index is 2.23. The second kappa shape index (κ2) is 9.48. The van der Waals surface area contributed by atoms with Gasteiger partial charge in [0.1, 0.15) is 17.2 Å². The lowest BCUT2D eigenvalue weighted by molar-refractivity contribution is 0.411.